The highest BCUT2D eigenvalue weighted by atomic mass is 79.9. The molecule has 0 amide bonds. The first kappa shape index (κ1) is 13.5. The van der Waals surface area contributed by atoms with Crippen molar-refractivity contribution in [1.29, 1.82) is 0 Å². The Hall–Kier alpha value is 0.100. The smallest absolute Gasteiger partial charge is 0.0540 e. The van der Waals surface area contributed by atoms with Crippen molar-refractivity contribution < 1.29 is 5.11 Å². The van der Waals surface area contributed by atoms with Crippen LogP contribution in [0.1, 0.15) is 43.5 Å². The van der Waals surface area contributed by atoms with Gasteiger partial charge in [-0.2, -0.15) is 0 Å². The topological polar surface area (TPSA) is 32.3 Å². The monoisotopic (exact) mass is 317 g/mol. The highest BCUT2D eigenvalue weighted by Gasteiger charge is 2.20. The van der Waals surface area contributed by atoms with Gasteiger partial charge in [0.2, 0.25) is 0 Å². The first-order chi connectivity index (χ1) is 8.16. The molecular weight excluding hydrogens is 298 g/mol. The first-order valence-corrected chi connectivity index (χ1v) is 7.98. The maximum absolute atomic E-state index is 9.47. The predicted molar refractivity (Wildman–Crippen MR) is 76.4 cm³/mol. The lowest BCUT2D eigenvalue weighted by Gasteiger charge is -2.26. The van der Waals surface area contributed by atoms with Crippen molar-refractivity contribution in [3.05, 3.63) is 20.8 Å². The molecule has 17 heavy (non-hydrogen) atoms. The first-order valence-electron chi connectivity index (χ1n) is 6.31. The van der Waals surface area contributed by atoms with Crippen molar-refractivity contribution in [3.63, 3.8) is 0 Å². The van der Waals surface area contributed by atoms with Crippen LogP contribution in [0.3, 0.4) is 0 Å². The van der Waals surface area contributed by atoms with E-state index in [1.165, 1.54) is 9.35 Å². The molecule has 1 unspecified atom stereocenters. The Labute approximate surface area is 116 Å². The largest absolute Gasteiger partial charge is 0.393 e. The average Bonchev–Trinajstić information content (AvgIpc) is 2.74. The summed E-state index contributed by atoms with van der Waals surface area (Å²) in [6.45, 7) is 3.28. The third kappa shape index (κ3) is 3.78. The number of thiophene rings is 1. The third-order valence-corrected chi connectivity index (χ3v) is 5.62. The number of aliphatic hydroxyl groups is 1. The van der Waals surface area contributed by atoms with Gasteiger partial charge in [-0.25, -0.2) is 0 Å². The molecule has 2 nitrogen and oxygen atoms in total. The normalized spacial score (nSPS) is 27.0. The Kier molecular flexibility index (Phi) is 5.03. The second-order valence-corrected chi connectivity index (χ2v) is 6.74. The van der Waals surface area contributed by atoms with E-state index < -0.39 is 0 Å². The summed E-state index contributed by atoms with van der Waals surface area (Å²) in [5.74, 6) is 0.736. The summed E-state index contributed by atoms with van der Waals surface area (Å²) < 4.78 is 1.21. The SMILES string of the molecule is CC(NCC1CCC(O)CC1)c1sccc1Br. The summed E-state index contributed by atoms with van der Waals surface area (Å²) in [4.78, 5) is 1.38. The van der Waals surface area contributed by atoms with Gasteiger partial charge >= 0.3 is 0 Å². The molecular formula is C13H20BrNOS. The van der Waals surface area contributed by atoms with Gasteiger partial charge in [0.05, 0.1) is 6.10 Å². The van der Waals surface area contributed by atoms with Crippen LogP contribution in [0.2, 0.25) is 0 Å². The van der Waals surface area contributed by atoms with Crippen LogP contribution in [-0.2, 0) is 0 Å². The van der Waals surface area contributed by atoms with E-state index in [1.54, 1.807) is 11.3 Å². The Balaban J connectivity index is 1.77. The number of rotatable bonds is 4. The molecule has 1 aliphatic carbocycles. The fraction of sp³-hybridized carbons (Fsp3) is 0.692. The van der Waals surface area contributed by atoms with E-state index in [2.05, 4.69) is 39.6 Å². The molecule has 1 atom stereocenters. The number of aliphatic hydroxyl groups excluding tert-OH is 1. The summed E-state index contributed by atoms with van der Waals surface area (Å²) in [5, 5.41) is 15.2. The lowest BCUT2D eigenvalue weighted by Crippen LogP contribution is -2.29. The Morgan fingerprint density at radius 1 is 1.47 bits per heavy atom. The van der Waals surface area contributed by atoms with Crippen molar-refractivity contribution in [3.8, 4) is 0 Å². The molecule has 0 bridgehead atoms. The standard InChI is InChI=1S/C13H20BrNOS/c1-9(13-12(14)6-7-17-13)15-8-10-2-4-11(16)5-3-10/h6-7,9-11,15-16H,2-5,8H2,1H3. The number of hydrogen-bond acceptors (Lipinski definition) is 3. The Bertz CT molecular complexity index is 347. The zero-order chi connectivity index (χ0) is 12.3. The summed E-state index contributed by atoms with van der Waals surface area (Å²) >= 11 is 5.37. The van der Waals surface area contributed by atoms with Gasteiger partial charge in [0.25, 0.3) is 0 Å². The van der Waals surface area contributed by atoms with Crippen LogP contribution in [-0.4, -0.2) is 17.8 Å². The molecule has 1 aromatic heterocycles. The molecule has 2 rings (SSSR count). The summed E-state index contributed by atoms with van der Waals surface area (Å²) in [6.07, 6.45) is 4.22. The van der Waals surface area contributed by atoms with E-state index in [4.69, 9.17) is 0 Å². The quantitative estimate of drug-likeness (QED) is 0.887. The molecule has 1 saturated carbocycles. The van der Waals surface area contributed by atoms with Crippen LogP contribution in [0, 0.1) is 5.92 Å². The molecule has 4 heteroatoms. The van der Waals surface area contributed by atoms with Gasteiger partial charge < -0.3 is 10.4 Å². The van der Waals surface area contributed by atoms with Crippen molar-refractivity contribution in [2.75, 3.05) is 6.54 Å². The zero-order valence-corrected chi connectivity index (χ0v) is 12.6. The van der Waals surface area contributed by atoms with Crippen LogP contribution in [0.4, 0.5) is 0 Å². The molecule has 1 heterocycles. The van der Waals surface area contributed by atoms with Crippen LogP contribution >= 0.6 is 27.3 Å². The van der Waals surface area contributed by atoms with Gasteiger partial charge in [-0.05, 0) is 72.4 Å². The molecule has 2 N–H and O–H groups in total. The van der Waals surface area contributed by atoms with Crippen LogP contribution in [0.5, 0.6) is 0 Å². The number of hydrogen-bond donors (Lipinski definition) is 2. The molecule has 1 aliphatic rings. The third-order valence-electron chi connectivity index (χ3n) is 3.57. The predicted octanol–water partition coefficient (Wildman–Crippen LogP) is 3.71. The van der Waals surface area contributed by atoms with Gasteiger partial charge in [-0.1, -0.05) is 0 Å². The van der Waals surface area contributed by atoms with E-state index in [0.717, 1.165) is 38.1 Å². The number of halogens is 1. The van der Waals surface area contributed by atoms with E-state index in [-0.39, 0.29) is 6.10 Å². The Morgan fingerprint density at radius 3 is 2.76 bits per heavy atom. The van der Waals surface area contributed by atoms with E-state index in [1.807, 2.05) is 0 Å². The molecule has 96 valence electrons. The summed E-state index contributed by atoms with van der Waals surface area (Å²) in [6, 6.07) is 2.52. The fourth-order valence-electron chi connectivity index (χ4n) is 2.40. The zero-order valence-electron chi connectivity index (χ0n) is 10.2. The van der Waals surface area contributed by atoms with Gasteiger partial charge in [0.1, 0.15) is 0 Å². The minimum atomic E-state index is -0.0462. The highest BCUT2D eigenvalue weighted by Crippen LogP contribution is 2.29. The molecule has 0 radical (unpaired) electrons. The molecule has 0 saturated heterocycles. The second-order valence-electron chi connectivity index (χ2n) is 4.94. The molecule has 1 aromatic rings. The lowest BCUT2D eigenvalue weighted by atomic mass is 9.87. The van der Waals surface area contributed by atoms with Gasteiger partial charge in [0, 0.05) is 15.4 Å². The van der Waals surface area contributed by atoms with E-state index >= 15 is 0 Å². The molecule has 0 spiro atoms. The minimum absolute atomic E-state index is 0.0462. The maximum Gasteiger partial charge on any atom is 0.0540 e. The molecule has 0 aromatic carbocycles. The van der Waals surface area contributed by atoms with Gasteiger partial charge in [-0.15, -0.1) is 11.3 Å². The second kappa shape index (κ2) is 6.32. The van der Waals surface area contributed by atoms with Crippen molar-refractivity contribution >= 4 is 27.3 Å². The Morgan fingerprint density at radius 2 is 2.18 bits per heavy atom. The van der Waals surface area contributed by atoms with Crippen LogP contribution in [0.25, 0.3) is 0 Å². The van der Waals surface area contributed by atoms with Gasteiger partial charge in [-0.3, -0.25) is 0 Å². The van der Waals surface area contributed by atoms with Crippen molar-refractivity contribution in [1.82, 2.24) is 5.32 Å². The average molecular weight is 318 g/mol. The minimum Gasteiger partial charge on any atom is -0.393 e. The summed E-state index contributed by atoms with van der Waals surface area (Å²) in [7, 11) is 0. The van der Waals surface area contributed by atoms with Crippen molar-refractivity contribution in [2.45, 2.75) is 44.8 Å². The highest BCUT2D eigenvalue weighted by molar-refractivity contribution is 9.10. The van der Waals surface area contributed by atoms with E-state index in [9.17, 15) is 5.11 Å². The van der Waals surface area contributed by atoms with E-state index in [0.29, 0.717) is 6.04 Å². The lowest BCUT2D eigenvalue weighted by molar-refractivity contribution is 0.108. The number of nitrogens with one attached hydrogen (secondary N) is 1. The van der Waals surface area contributed by atoms with Gasteiger partial charge in [0.15, 0.2) is 0 Å². The van der Waals surface area contributed by atoms with Crippen molar-refractivity contribution in [2.24, 2.45) is 5.92 Å². The van der Waals surface area contributed by atoms with Crippen LogP contribution < -0.4 is 5.32 Å². The molecule has 0 aliphatic heterocycles. The molecule has 1 fully saturated rings. The van der Waals surface area contributed by atoms with Crippen LogP contribution in [0.15, 0.2) is 15.9 Å². The fourth-order valence-corrected chi connectivity index (χ4v) is 4.15. The maximum atomic E-state index is 9.47. The summed E-state index contributed by atoms with van der Waals surface area (Å²) in [5.41, 5.74) is 0.